The summed E-state index contributed by atoms with van der Waals surface area (Å²) in [6.45, 7) is 10.6. The number of amides is 3. The molecule has 2 fully saturated rings. The topological polar surface area (TPSA) is 152 Å². The molecule has 0 unspecified atom stereocenters. The van der Waals surface area contributed by atoms with E-state index in [0.29, 0.717) is 51.3 Å². The lowest BCUT2D eigenvalue weighted by molar-refractivity contribution is -0.153. The van der Waals surface area contributed by atoms with Gasteiger partial charge < -0.3 is 35.1 Å². The summed E-state index contributed by atoms with van der Waals surface area (Å²) in [6, 6.07) is 3.32. The molecule has 1 aromatic carbocycles. The second kappa shape index (κ2) is 18.7. The Balaban J connectivity index is 1.68. The summed E-state index contributed by atoms with van der Waals surface area (Å²) in [5.74, 6) is -1.61. The van der Waals surface area contributed by atoms with Crippen molar-refractivity contribution in [2.45, 2.75) is 104 Å². The number of ether oxygens (including phenoxy) is 3. The van der Waals surface area contributed by atoms with Gasteiger partial charge >= 0.3 is 18.0 Å². The minimum Gasteiger partial charge on any atom is -0.459 e. The quantitative estimate of drug-likeness (QED) is 0.190. The van der Waals surface area contributed by atoms with Gasteiger partial charge in [0.05, 0.1) is 31.4 Å². The second-order valence-electron chi connectivity index (χ2n) is 13.6. The smallest absolute Gasteiger partial charge is 0.339 e. The molecule has 1 saturated carbocycles. The Hall–Kier alpha value is -3.51. The van der Waals surface area contributed by atoms with Crippen molar-refractivity contribution in [1.82, 2.24) is 20.9 Å². The first-order valence-electron chi connectivity index (χ1n) is 17.0. The highest BCUT2D eigenvalue weighted by atomic mass is 16.6. The first kappa shape index (κ1) is 37.9. The Morgan fingerprint density at radius 3 is 2.26 bits per heavy atom. The fourth-order valence-corrected chi connectivity index (χ4v) is 6.03. The number of benzene rings is 1. The van der Waals surface area contributed by atoms with Gasteiger partial charge in [-0.15, -0.1) is 0 Å². The van der Waals surface area contributed by atoms with Crippen molar-refractivity contribution in [2.75, 3.05) is 46.0 Å². The van der Waals surface area contributed by atoms with E-state index in [0.717, 1.165) is 43.2 Å². The van der Waals surface area contributed by atoms with Gasteiger partial charge in [-0.3, -0.25) is 14.4 Å². The molecule has 3 N–H and O–H groups in total. The Morgan fingerprint density at radius 1 is 0.957 bits per heavy atom. The number of aryl methyl sites for hydroxylation is 2. The lowest BCUT2D eigenvalue weighted by atomic mass is 9.84. The molecule has 262 valence electrons. The fraction of sp³-hybridized carbons (Fsp3) is 0.686. The molecule has 3 amide bonds. The molecule has 1 aromatic rings. The molecule has 0 radical (unpaired) electrons. The monoisotopic (exact) mass is 658 g/mol. The van der Waals surface area contributed by atoms with Gasteiger partial charge in [0.1, 0.15) is 11.6 Å². The predicted octanol–water partition coefficient (Wildman–Crippen LogP) is 3.61. The van der Waals surface area contributed by atoms with Crippen LogP contribution in [0.25, 0.3) is 0 Å². The van der Waals surface area contributed by atoms with E-state index >= 15 is 0 Å². The van der Waals surface area contributed by atoms with Crippen LogP contribution in [0.1, 0.15) is 93.6 Å². The fourth-order valence-electron chi connectivity index (χ4n) is 6.03. The van der Waals surface area contributed by atoms with Gasteiger partial charge in [-0.2, -0.15) is 0 Å². The van der Waals surface area contributed by atoms with Crippen LogP contribution < -0.4 is 16.0 Å². The lowest BCUT2D eigenvalue weighted by Crippen LogP contribution is -2.56. The number of nitrogens with zero attached hydrogens (tertiary/aromatic N) is 1. The van der Waals surface area contributed by atoms with Gasteiger partial charge in [0.15, 0.2) is 12.4 Å². The van der Waals surface area contributed by atoms with Crippen LogP contribution in [-0.2, 0) is 28.6 Å². The maximum Gasteiger partial charge on any atom is 0.339 e. The number of Topliss-reactive ketones (excluding diaryl/α,β-unsaturated/α-hetero) is 1. The van der Waals surface area contributed by atoms with Crippen LogP contribution >= 0.6 is 0 Å². The molecule has 12 heteroatoms. The number of nitrogens with one attached hydrogen (secondary N) is 3. The van der Waals surface area contributed by atoms with Gasteiger partial charge in [-0.1, -0.05) is 50.3 Å². The van der Waals surface area contributed by atoms with E-state index < -0.39 is 47.9 Å². The molecule has 0 bridgehead atoms. The number of urea groups is 1. The number of rotatable bonds is 15. The number of esters is 2. The normalized spacial score (nSPS) is 16.9. The summed E-state index contributed by atoms with van der Waals surface area (Å²) >= 11 is 0. The first-order valence-corrected chi connectivity index (χ1v) is 17.0. The van der Waals surface area contributed by atoms with Crippen LogP contribution in [-0.4, -0.2) is 98.2 Å². The van der Waals surface area contributed by atoms with Crippen molar-refractivity contribution in [2.24, 2.45) is 5.92 Å². The third kappa shape index (κ3) is 13.3. The molecular weight excluding hydrogens is 604 g/mol. The van der Waals surface area contributed by atoms with E-state index in [1.54, 1.807) is 51.7 Å². The largest absolute Gasteiger partial charge is 0.459 e. The van der Waals surface area contributed by atoms with E-state index in [-0.39, 0.29) is 24.9 Å². The van der Waals surface area contributed by atoms with Crippen LogP contribution in [0.2, 0.25) is 0 Å². The van der Waals surface area contributed by atoms with Crippen molar-refractivity contribution in [1.29, 1.82) is 0 Å². The molecule has 1 aliphatic carbocycles. The summed E-state index contributed by atoms with van der Waals surface area (Å²) in [7, 11) is 0. The molecule has 2 aliphatic rings. The first-order chi connectivity index (χ1) is 22.3. The average Bonchev–Trinajstić information content (AvgIpc) is 3.02. The third-order valence-corrected chi connectivity index (χ3v) is 8.48. The third-order valence-electron chi connectivity index (χ3n) is 8.48. The van der Waals surface area contributed by atoms with Crippen molar-refractivity contribution >= 4 is 29.7 Å². The van der Waals surface area contributed by atoms with Crippen molar-refractivity contribution < 1.29 is 38.2 Å². The van der Waals surface area contributed by atoms with Gasteiger partial charge in [0.25, 0.3) is 0 Å². The molecule has 47 heavy (non-hydrogen) atoms. The minimum absolute atomic E-state index is 0.00661. The van der Waals surface area contributed by atoms with Gasteiger partial charge in [-0.05, 0) is 77.5 Å². The summed E-state index contributed by atoms with van der Waals surface area (Å²) in [5, 5.41) is 8.83. The molecule has 12 nitrogen and oxygen atoms in total. The van der Waals surface area contributed by atoms with E-state index in [2.05, 4.69) is 16.0 Å². The Labute approximate surface area is 279 Å². The van der Waals surface area contributed by atoms with Crippen LogP contribution in [0.5, 0.6) is 0 Å². The highest BCUT2D eigenvalue weighted by Crippen LogP contribution is 2.27. The molecule has 2 atom stereocenters. The maximum atomic E-state index is 13.8. The van der Waals surface area contributed by atoms with Crippen molar-refractivity contribution in [3.8, 4) is 0 Å². The highest BCUT2D eigenvalue weighted by Gasteiger charge is 2.31. The number of ketones is 1. The molecule has 3 rings (SSSR count). The predicted molar refractivity (Wildman–Crippen MR) is 177 cm³/mol. The number of hydrogen-bond acceptors (Lipinski definition) is 9. The van der Waals surface area contributed by atoms with Crippen LogP contribution in [0.15, 0.2) is 18.2 Å². The summed E-state index contributed by atoms with van der Waals surface area (Å²) in [6.07, 6.45) is 6.44. The SMILES string of the molecule is Cc1cccc(C)c1C(=O)OCC(=O)[C@H](CCCNCC(=O)OC(C)(C)C)NC(=O)[C@H](CC1CCCCC1)NC(=O)N1CCOCC1. The number of hydrogen-bond donors (Lipinski definition) is 3. The lowest BCUT2D eigenvalue weighted by Gasteiger charge is -2.31. The average molecular weight is 659 g/mol. The highest BCUT2D eigenvalue weighted by molar-refractivity contribution is 5.96. The van der Waals surface area contributed by atoms with E-state index in [9.17, 15) is 24.0 Å². The summed E-state index contributed by atoms with van der Waals surface area (Å²) < 4.78 is 16.1. The number of carbonyl (C=O) groups excluding carboxylic acids is 5. The Morgan fingerprint density at radius 2 is 1.62 bits per heavy atom. The zero-order chi connectivity index (χ0) is 34.4. The molecule has 0 spiro atoms. The molecule has 1 heterocycles. The summed E-state index contributed by atoms with van der Waals surface area (Å²) in [5.41, 5.74) is 1.29. The van der Waals surface area contributed by atoms with Crippen LogP contribution in [0.3, 0.4) is 0 Å². The van der Waals surface area contributed by atoms with Gasteiger partial charge in [-0.25, -0.2) is 9.59 Å². The zero-order valence-corrected chi connectivity index (χ0v) is 28.8. The number of carbonyl (C=O) groups is 5. The van der Waals surface area contributed by atoms with E-state index in [1.165, 1.54) is 0 Å². The van der Waals surface area contributed by atoms with Crippen molar-refractivity contribution in [3.63, 3.8) is 0 Å². The van der Waals surface area contributed by atoms with Crippen molar-refractivity contribution in [3.05, 3.63) is 34.9 Å². The standard InChI is InChI=1S/C35H54N4O8/c1-24-11-9-12-25(2)31(24)33(43)46-23-29(40)27(15-10-16-36-22-30(41)47-35(3,4)5)37-32(42)28(21-26-13-7-6-8-14-26)38-34(44)39-17-19-45-20-18-39/h9,11-12,26-28,36H,6-8,10,13-23H2,1-5H3,(H,37,42)(H,38,44)/t27-,28-/m0/s1. The maximum absolute atomic E-state index is 13.8. The number of morpholine rings is 1. The van der Waals surface area contributed by atoms with E-state index in [1.807, 2.05) is 6.07 Å². The van der Waals surface area contributed by atoms with Crippen LogP contribution in [0.4, 0.5) is 4.79 Å². The Kier molecular flexibility index (Phi) is 15.1. The van der Waals surface area contributed by atoms with Crippen LogP contribution in [0, 0.1) is 19.8 Å². The zero-order valence-electron chi connectivity index (χ0n) is 28.8. The Bertz CT molecular complexity index is 1200. The minimum atomic E-state index is -0.967. The molecular formula is C35H54N4O8. The summed E-state index contributed by atoms with van der Waals surface area (Å²) in [4.78, 5) is 67.1. The molecule has 0 aromatic heterocycles. The second-order valence-corrected chi connectivity index (χ2v) is 13.6. The van der Waals surface area contributed by atoms with Gasteiger partial charge in [0.2, 0.25) is 5.91 Å². The van der Waals surface area contributed by atoms with E-state index in [4.69, 9.17) is 14.2 Å². The molecule has 1 aliphatic heterocycles. The molecule has 1 saturated heterocycles. The van der Waals surface area contributed by atoms with Gasteiger partial charge in [0, 0.05) is 13.1 Å².